The Labute approximate surface area is 102 Å². The van der Waals surface area contributed by atoms with Crippen LogP contribution < -0.4 is 10.6 Å². The summed E-state index contributed by atoms with van der Waals surface area (Å²) in [7, 11) is 0. The molecule has 1 aromatic heterocycles. The third-order valence-electron chi connectivity index (χ3n) is 3.44. The highest BCUT2D eigenvalue weighted by atomic mass is 15.2. The highest BCUT2D eigenvalue weighted by Crippen LogP contribution is 2.30. The van der Waals surface area contributed by atoms with E-state index in [-0.39, 0.29) is 5.84 Å². The van der Waals surface area contributed by atoms with Crippen LogP contribution in [-0.2, 0) is 0 Å². The monoisotopic (exact) mass is 232 g/mol. The summed E-state index contributed by atoms with van der Waals surface area (Å²) in [5.41, 5.74) is 9.41. The van der Waals surface area contributed by atoms with E-state index in [1.54, 1.807) is 0 Å². The molecule has 1 unspecified atom stereocenters. The lowest BCUT2D eigenvalue weighted by molar-refractivity contribution is 0.733. The van der Waals surface area contributed by atoms with Crippen LogP contribution >= 0.6 is 0 Å². The number of nitrogens with zero attached hydrogens (tertiary/aromatic N) is 2. The van der Waals surface area contributed by atoms with Gasteiger partial charge in [0.15, 0.2) is 0 Å². The van der Waals surface area contributed by atoms with E-state index in [9.17, 15) is 0 Å². The molecule has 92 valence electrons. The Hall–Kier alpha value is -1.58. The minimum atomic E-state index is 0.115. The number of anilines is 1. The zero-order valence-corrected chi connectivity index (χ0v) is 10.7. The topological polar surface area (TPSA) is 66.0 Å². The first-order valence-electron chi connectivity index (χ1n) is 6.10. The Morgan fingerprint density at radius 3 is 2.76 bits per heavy atom. The number of aromatic nitrogens is 1. The van der Waals surface area contributed by atoms with Gasteiger partial charge in [0.2, 0.25) is 0 Å². The molecule has 1 aliphatic heterocycles. The molecule has 0 radical (unpaired) electrons. The van der Waals surface area contributed by atoms with Gasteiger partial charge in [0.25, 0.3) is 0 Å². The first-order chi connectivity index (χ1) is 8.00. The van der Waals surface area contributed by atoms with Crippen LogP contribution in [0.25, 0.3) is 0 Å². The fourth-order valence-corrected chi connectivity index (χ4v) is 2.66. The van der Waals surface area contributed by atoms with Crippen LogP contribution in [0.3, 0.4) is 0 Å². The van der Waals surface area contributed by atoms with Crippen LogP contribution in [-0.4, -0.2) is 23.4 Å². The van der Waals surface area contributed by atoms with Gasteiger partial charge in [-0.3, -0.25) is 10.4 Å². The van der Waals surface area contributed by atoms with E-state index in [0.29, 0.717) is 6.04 Å². The molecule has 0 amide bonds. The van der Waals surface area contributed by atoms with Crippen molar-refractivity contribution in [1.82, 2.24) is 4.98 Å². The Morgan fingerprint density at radius 1 is 1.53 bits per heavy atom. The lowest BCUT2D eigenvalue weighted by atomic mass is 10.1. The maximum absolute atomic E-state index is 7.73. The van der Waals surface area contributed by atoms with E-state index in [4.69, 9.17) is 11.1 Å². The maximum atomic E-state index is 7.73. The van der Waals surface area contributed by atoms with Crippen molar-refractivity contribution in [3.63, 3.8) is 0 Å². The third kappa shape index (κ3) is 2.12. The number of hydrogen-bond acceptors (Lipinski definition) is 3. The SMILES string of the molecule is Cc1cc(N2CCCC2C)c(C(=N)N)c(C)n1. The summed E-state index contributed by atoms with van der Waals surface area (Å²) in [5.74, 6) is 0.115. The number of nitrogens with one attached hydrogen (secondary N) is 1. The third-order valence-corrected chi connectivity index (χ3v) is 3.44. The number of pyridine rings is 1. The Balaban J connectivity index is 2.54. The summed E-state index contributed by atoms with van der Waals surface area (Å²) < 4.78 is 0. The van der Waals surface area contributed by atoms with Crippen molar-refractivity contribution in [2.75, 3.05) is 11.4 Å². The smallest absolute Gasteiger partial charge is 0.126 e. The molecule has 1 saturated heterocycles. The van der Waals surface area contributed by atoms with Crippen LogP contribution in [0.15, 0.2) is 6.07 Å². The molecule has 4 heteroatoms. The van der Waals surface area contributed by atoms with E-state index >= 15 is 0 Å². The normalized spacial score (nSPS) is 19.7. The number of rotatable bonds is 2. The average molecular weight is 232 g/mol. The van der Waals surface area contributed by atoms with Gasteiger partial charge in [0, 0.05) is 18.3 Å². The molecule has 1 aliphatic rings. The van der Waals surface area contributed by atoms with Gasteiger partial charge < -0.3 is 10.6 Å². The van der Waals surface area contributed by atoms with Gasteiger partial charge in [-0.2, -0.15) is 0 Å². The second kappa shape index (κ2) is 4.35. The number of amidine groups is 1. The van der Waals surface area contributed by atoms with Gasteiger partial charge >= 0.3 is 0 Å². The number of nitrogens with two attached hydrogens (primary N) is 1. The summed E-state index contributed by atoms with van der Waals surface area (Å²) in [6.45, 7) is 7.18. The molecule has 1 fully saturated rings. The molecule has 2 heterocycles. The lowest BCUT2D eigenvalue weighted by Gasteiger charge is -2.27. The highest BCUT2D eigenvalue weighted by molar-refractivity contribution is 6.01. The van der Waals surface area contributed by atoms with Gasteiger partial charge in [-0.1, -0.05) is 0 Å². The van der Waals surface area contributed by atoms with Crippen LogP contribution in [0.5, 0.6) is 0 Å². The van der Waals surface area contributed by atoms with Gasteiger partial charge in [0.05, 0.1) is 16.9 Å². The molecule has 0 aromatic carbocycles. The predicted molar refractivity (Wildman–Crippen MR) is 70.8 cm³/mol. The number of nitrogen functional groups attached to an aromatic ring is 1. The van der Waals surface area contributed by atoms with Gasteiger partial charge in [-0.15, -0.1) is 0 Å². The summed E-state index contributed by atoms with van der Waals surface area (Å²) in [6, 6.07) is 2.57. The van der Waals surface area contributed by atoms with Crippen molar-refractivity contribution in [3.05, 3.63) is 23.0 Å². The van der Waals surface area contributed by atoms with Crippen molar-refractivity contribution in [1.29, 1.82) is 5.41 Å². The second-order valence-corrected chi connectivity index (χ2v) is 4.84. The lowest BCUT2D eigenvalue weighted by Crippen LogP contribution is -2.30. The molecule has 17 heavy (non-hydrogen) atoms. The largest absolute Gasteiger partial charge is 0.384 e. The van der Waals surface area contributed by atoms with E-state index in [2.05, 4.69) is 16.8 Å². The first kappa shape index (κ1) is 11.9. The minimum Gasteiger partial charge on any atom is -0.384 e. The molecule has 4 nitrogen and oxygen atoms in total. The molecule has 0 spiro atoms. The average Bonchev–Trinajstić information content (AvgIpc) is 2.62. The minimum absolute atomic E-state index is 0.115. The number of hydrogen-bond donors (Lipinski definition) is 2. The molecule has 1 aromatic rings. The van der Waals surface area contributed by atoms with Crippen molar-refractivity contribution in [2.45, 2.75) is 39.7 Å². The molecular formula is C13H20N4. The van der Waals surface area contributed by atoms with Gasteiger partial charge in [0.1, 0.15) is 5.84 Å². The summed E-state index contributed by atoms with van der Waals surface area (Å²) in [4.78, 5) is 6.75. The molecule has 0 saturated carbocycles. The molecular weight excluding hydrogens is 212 g/mol. The zero-order chi connectivity index (χ0) is 12.6. The van der Waals surface area contributed by atoms with Crippen molar-refractivity contribution in [2.24, 2.45) is 5.73 Å². The summed E-state index contributed by atoms with van der Waals surface area (Å²) >= 11 is 0. The Kier molecular flexibility index (Phi) is 3.05. The fraction of sp³-hybridized carbons (Fsp3) is 0.538. The van der Waals surface area contributed by atoms with E-state index in [1.807, 2.05) is 19.9 Å². The van der Waals surface area contributed by atoms with Gasteiger partial charge in [-0.25, -0.2) is 0 Å². The fourth-order valence-electron chi connectivity index (χ4n) is 2.66. The van der Waals surface area contributed by atoms with E-state index in [0.717, 1.165) is 29.2 Å². The molecule has 0 bridgehead atoms. The zero-order valence-electron chi connectivity index (χ0n) is 10.7. The molecule has 1 atom stereocenters. The van der Waals surface area contributed by atoms with Crippen LogP contribution in [0.1, 0.15) is 36.7 Å². The van der Waals surface area contributed by atoms with E-state index < -0.39 is 0 Å². The molecule has 0 aliphatic carbocycles. The van der Waals surface area contributed by atoms with Crippen molar-refractivity contribution >= 4 is 11.5 Å². The summed E-state index contributed by atoms with van der Waals surface area (Å²) in [5, 5.41) is 7.73. The highest BCUT2D eigenvalue weighted by Gasteiger charge is 2.24. The maximum Gasteiger partial charge on any atom is 0.126 e. The standard InChI is InChI=1S/C13H20N4/c1-8-7-11(17-6-4-5-9(17)2)12(13(14)15)10(3)16-8/h7,9H,4-6H2,1-3H3,(H3,14,15). The predicted octanol–water partition coefficient (Wildman–Crippen LogP) is 1.97. The molecule has 2 rings (SSSR count). The van der Waals surface area contributed by atoms with Crippen LogP contribution in [0.2, 0.25) is 0 Å². The van der Waals surface area contributed by atoms with Crippen LogP contribution in [0, 0.1) is 19.3 Å². The van der Waals surface area contributed by atoms with Crippen LogP contribution in [0.4, 0.5) is 5.69 Å². The number of aryl methyl sites for hydroxylation is 2. The summed E-state index contributed by atoms with van der Waals surface area (Å²) in [6.07, 6.45) is 2.41. The quantitative estimate of drug-likeness (QED) is 0.605. The Bertz CT molecular complexity index is 453. The molecule has 3 N–H and O–H groups in total. The van der Waals surface area contributed by atoms with Crippen molar-refractivity contribution < 1.29 is 0 Å². The van der Waals surface area contributed by atoms with Crippen molar-refractivity contribution in [3.8, 4) is 0 Å². The first-order valence-corrected chi connectivity index (χ1v) is 6.10. The van der Waals surface area contributed by atoms with Gasteiger partial charge in [-0.05, 0) is 39.7 Å². The second-order valence-electron chi connectivity index (χ2n) is 4.84. The van der Waals surface area contributed by atoms with E-state index in [1.165, 1.54) is 12.8 Å². The Morgan fingerprint density at radius 2 is 2.24 bits per heavy atom.